The van der Waals surface area contributed by atoms with Crippen LogP contribution in [0.5, 0.6) is 0 Å². The van der Waals surface area contributed by atoms with Gasteiger partial charge in [-0.25, -0.2) is 19.5 Å². The quantitative estimate of drug-likeness (QED) is 0.285. The number of nitrogens with zero attached hydrogens (tertiary/aromatic N) is 6. The molecule has 168 valence electrons. The standard InChI is InChI=1S/C22H16ClF3N6S/c1-3-33-21-17(20-29-16-8-14(22(24,25)26)10-28-18(16)31(20)2)19-27-9-13(11-32(19)30-21)12-4-6-15(23)7-5-12/h4-11H,3H2,1-2H3. The fourth-order valence-corrected chi connectivity index (χ4v) is 4.47. The van der Waals surface area contributed by atoms with Crippen LogP contribution in [-0.2, 0) is 13.2 Å². The van der Waals surface area contributed by atoms with Gasteiger partial charge in [0.1, 0.15) is 16.4 Å². The maximum Gasteiger partial charge on any atom is 0.417 e. The SMILES string of the molecule is CCSc1nn2cc(-c3ccc(Cl)cc3)cnc2c1-c1nc2cc(C(F)(F)F)cnc2n1C. The average Bonchev–Trinajstić information content (AvgIpc) is 3.30. The van der Waals surface area contributed by atoms with Gasteiger partial charge >= 0.3 is 6.18 Å². The smallest absolute Gasteiger partial charge is 0.312 e. The van der Waals surface area contributed by atoms with E-state index in [-0.39, 0.29) is 5.52 Å². The number of alkyl halides is 3. The first-order valence-corrected chi connectivity index (χ1v) is 11.3. The van der Waals surface area contributed by atoms with E-state index < -0.39 is 11.7 Å². The maximum absolute atomic E-state index is 13.2. The van der Waals surface area contributed by atoms with E-state index in [1.807, 2.05) is 25.3 Å². The first-order chi connectivity index (χ1) is 15.8. The van der Waals surface area contributed by atoms with Crippen molar-refractivity contribution >= 4 is 40.2 Å². The van der Waals surface area contributed by atoms with Crippen molar-refractivity contribution in [3.63, 3.8) is 0 Å². The number of thioether (sulfide) groups is 1. The molecule has 0 saturated carbocycles. The Hall–Kier alpha value is -3.11. The fourth-order valence-electron chi connectivity index (χ4n) is 3.59. The second-order valence-corrected chi connectivity index (χ2v) is 8.98. The van der Waals surface area contributed by atoms with Crippen molar-refractivity contribution in [2.24, 2.45) is 7.05 Å². The van der Waals surface area contributed by atoms with Gasteiger partial charge in [0.25, 0.3) is 0 Å². The molecule has 0 unspecified atom stereocenters. The van der Waals surface area contributed by atoms with Gasteiger partial charge in [-0.2, -0.15) is 18.3 Å². The van der Waals surface area contributed by atoms with Crippen molar-refractivity contribution in [2.45, 2.75) is 18.1 Å². The number of fused-ring (bicyclic) bond motifs is 2. The van der Waals surface area contributed by atoms with Gasteiger partial charge in [0.15, 0.2) is 11.3 Å². The third kappa shape index (κ3) is 3.83. The zero-order valence-electron chi connectivity index (χ0n) is 17.4. The Balaban J connectivity index is 1.69. The Morgan fingerprint density at radius 3 is 2.45 bits per heavy atom. The molecular formula is C22H16ClF3N6S. The number of halogens is 4. The number of pyridine rings is 1. The molecule has 0 radical (unpaired) electrons. The second-order valence-electron chi connectivity index (χ2n) is 7.29. The molecule has 0 spiro atoms. The van der Waals surface area contributed by atoms with Crippen molar-refractivity contribution in [1.82, 2.24) is 29.1 Å². The van der Waals surface area contributed by atoms with E-state index in [1.165, 1.54) is 11.8 Å². The Bertz CT molecular complexity index is 1490. The summed E-state index contributed by atoms with van der Waals surface area (Å²) in [7, 11) is 1.72. The van der Waals surface area contributed by atoms with Crippen LogP contribution < -0.4 is 0 Å². The Morgan fingerprint density at radius 2 is 1.76 bits per heavy atom. The van der Waals surface area contributed by atoms with Gasteiger partial charge in [-0.05, 0) is 29.5 Å². The summed E-state index contributed by atoms with van der Waals surface area (Å²) in [5.41, 5.74) is 2.66. The molecule has 0 fully saturated rings. The van der Waals surface area contributed by atoms with Gasteiger partial charge in [-0.3, -0.25) is 0 Å². The van der Waals surface area contributed by atoms with Crippen molar-refractivity contribution in [2.75, 3.05) is 5.75 Å². The Morgan fingerprint density at radius 1 is 1.03 bits per heavy atom. The lowest BCUT2D eigenvalue weighted by molar-refractivity contribution is -0.137. The molecule has 0 atom stereocenters. The van der Waals surface area contributed by atoms with E-state index in [0.717, 1.165) is 29.1 Å². The highest BCUT2D eigenvalue weighted by Gasteiger charge is 2.32. The summed E-state index contributed by atoms with van der Waals surface area (Å²) in [6.07, 6.45) is -0.0847. The van der Waals surface area contributed by atoms with Crippen LogP contribution in [0, 0.1) is 0 Å². The van der Waals surface area contributed by atoms with Crippen LogP contribution in [0.25, 0.3) is 39.3 Å². The van der Waals surface area contributed by atoms with Crippen molar-refractivity contribution in [3.8, 4) is 22.5 Å². The summed E-state index contributed by atoms with van der Waals surface area (Å²) in [6, 6.07) is 8.40. The molecule has 0 amide bonds. The molecule has 0 N–H and O–H groups in total. The summed E-state index contributed by atoms with van der Waals surface area (Å²) in [5.74, 6) is 1.20. The molecule has 33 heavy (non-hydrogen) atoms. The van der Waals surface area contributed by atoms with Gasteiger partial charge in [-0.1, -0.05) is 30.7 Å². The number of imidazole rings is 1. The van der Waals surface area contributed by atoms with Crippen molar-refractivity contribution in [1.29, 1.82) is 0 Å². The fraction of sp³-hybridized carbons (Fsp3) is 0.182. The van der Waals surface area contributed by atoms with Crippen LogP contribution in [0.1, 0.15) is 12.5 Å². The largest absolute Gasteiger partial charge is 0.417 e. The number of aryl methyl sites for hydroxylation is 1. The molecule has 0 aliphatic heterocycles. The monoisotopic (exact) mass is 488 g/mol. The first kappa shape index (κ1) is 21.7. The molecule has 4 heterocycles. The molecule has 1 aromatic carbocycles. The maximum atomic E-state index is 13.2. The molecule has 5 rings (SSSR count). The summed E-state index contributed by atoms with van der Waals surface area (Å²) in [4.78, 5) is 13.1. The van der Waals surface area contributed by atoms with E-state index in [0.29, 0.717) is 32.7 Å². The van der Waals surface area contributed by atoms with Crippen LogP contribution in [0.3, 0.4) is 0 Å². The average molecular weight is 489 g/mol. The molecule has 0 bridgehead atoms. The third-order valence-corrected chi connectivity index (χ3v) is 6.26. The third-order valence-electron chi connectivity index (χ3n) is 5.16. The number of benzene rings is 1. The number of rotatable bonds is 4. The van der Waals surface area contributed by atoms with E-state index in [9.17, 15) is 13.2 Å². The van der Waals surface area contributed by atoms with Crippen LogP contribution in [-0.4, -0.2) is 34.9 Å². The predicted octanol–water partition coefficient (Wildman–Crippen LogP) is 6.13. The molecular weight excluding hydrogens is 473 g/mol. The summed E-state index contributed by atoms with van der Waals surface area (Å²) in [5, 5.41) is 6.01. The van der Waals surface area contributed by atoms with Crippen LogP contribution in [0.15, 0.2) is 53.9 Å². The molecule has 5 aromatic rings. The molecule has 0 aliphatic rings. The van der Waals surface area contributed by atoms with Gasteiger partial charge < -0.3 is 4.57 Å². The van der Waals surface area contributed by atoms with E-state index in [4.69, 9.17) is 11.6 Å². The minimum Gasteiger partial charge on any atom is -0.312 e. The summed E-state index contributed by atoms with van der Waals surface area (Å²) >= 11 is 7.50. The van der Waals surface area contributed by atoms with Crippen molar-refractivity contribution in [3.05, 3.63) is 59.5 Å². The molecule has 11 heteroatoms. The molecule has 6 nitrogen and oxygen atoms in total. The zero-order valence-corrected chi connectivity index (χ0v) is 19.0. The Labute approximate surface area is 195 Å². The van der Waals surface area contributed by atoms with Gasteiger partial charge in [0, 0.05) is 36.2 Å². The first-order valence-electron chi connectivity index (χ1n) is 9.93. The highest BCUT2D eigenvalue weighted by Crippen LogP contribution is 2.36. The lowest BCUT2D eigenvalue weighted by Crippen LogP contribution is -2.05. The number of hydrogen-bond acceptors (Lipinski definition) is 5. The lowest BCUT2D eigenvalue weighted by atomic mass is 10.1. The van der Waals surface area contributed by atoms with Gasteiger partial charge in [-0.15, -0.1) is 11.8 Å². The summed E-state index contributed by atoms with van der Waals surface area (Å²) in [6.45, 7) is 2.00. The van der Waals surface area contributed by atoms with E-state index in [1.54, 1.807) is 34.5 Å². The summed E-state index contributed by atoms with van der Waals surface area (Å²) < 4.78 is 42.8. The Kier molecular flexibility index (Phi) is 5.29. The highest BCUT2D eigenvalue weighted by molar-refractivity contribution is 7.99. The molecule has 0 aliphatic carbocycles. The number of hydrogen-bond donors (Lipinski definition) is 0. The van der Waals surface area contributed by atoms with Gasteiger partial charge in [0.05, 0.1) is 11.1 Å². The zero-order chi connectivity index (χ0) is 23.3. The van der Waals surface area contributed by atoms with E-state index in [2.05, 4.69) is 20.1 Å². The van der Waals surface area contributed by atoms with Gasteiger partial charge in [0.2, 0.25) is 0 Å². The van der Waals surface area contributed by atoms with Crippen LogP contribution >= 0.6 is 23.4 Å². The minimum absolute atomic E-state index is 0.159. The number of aromatic nitrogens is 6. The van der Waals surface area contributed by atoms with Crippen LogP contribution in [0.4, 0.5) is 13.2 Å². The topological polar surface area (TPSA) is 60.9 Å². The minimum atomic E-state index is -4.49. The highest BCUT2D eigenvalue weighted by atomic mass is 35.5. The lowest BCUT2D eigenvalue weighted by Gasteiger charge is -2.05. The predicted molar refractivity (Wildman–Crippen MR) is 122 cm³/mol. The second kappa shape index (κ2) is 8.03. The molecule has 0 saturated heterocycles. The van der Waals surface area contributed by atoms with Crippen LogP contribution in [0.2, 0.25) is 5.02 Å². The van der Waals surface area contributed by atoms with E-state index >= 15 is 0 Å². The van der Waals surface area contributed by atoms with Crippen molar-refractivity contribution < 1.29 is 13.2 Å². The molecule has 4 aromatic heterocycles. The normalized spacial score (nSPS) is 12.2.